The number of carbonyl (C=O) groups is 2. The number of hydrogen-bond donors (Lipinski definition) is 0. The van der Waals surface area contributed by atoms with Gasteiger partial charge < -0.3 is 19.1 Å². The fourth-order valence-corrected chi connectivity index (χ4v) is 2.10. The number of carbonyl (C=O) groups excluding carboxylic acids is 2. The van der Waals surface area contributed by atoms with Crippen molar-refractivity contribution in [2.45, 2.75) is 27.2 Å². The molecule has 0 N–H and O–H groups in total. The van der Waals surface area contributed by atoms with E-state index in [2.05, 4.69) is 0 Å². The molecule has 134 valence electrons. The van der Waals surface area contributed by atoms with Crippen molar-refractivity contribution in [3.63, 3.8) is 0 Å². The molecule has 0 aromatic heterocycles. The molecule has 24 heavy (non-hydrogen) atoms. The Morgan fingerprint density at radius 2 is 1.71 bits per heavy atom. The van der Waals surface area contributed by atoms with E-state index in [0.717, 1.165) is 5.75 Å². The molecule has 0 aliphatic carbocycles. The number of esters is 1. The Morgan fingerprint density at radius 1 is 1.08 bits per heavy atom. The topological polar surface area (TPSA) is 65.1 Å². The quantitative estimate of drug-likeness (QED) is 0.614. The first-order valence-electron chi connectivity index (χ1n) is 8.19. The summed E-state index contributed by atoms with van der Waals surface area (Å²) >= 11 is 0. The first kappa shape index (κ1) is 19.8. The zero-order valence-corrected chi connectivity index (χ0v) is 14.9. The Kier molecular flexibility index (Phi) is 8.68. The van der Waals surface area contributed by atoms with E-state index in [0.29, 0.717) is 32.1 Å². The first-order chi connectivity index (χ1) is 11.5. The highest BCUT2D eigenvalue weighted by Gasteiger charge is 2.18. The van der Waals surface area contributed by atoms with Crippen molar-refractivity contribution in [1.82, 2.24) is 4.90 Å². The number of benzene rings is 1. The van der Waals surface area contributed by atoms with Gasteiger partial charge in [-0.25, -0.2) is 0 Å². The molecule has 6 heteroatoms. The van der Waals surface area contributed by atoms with Gasteiger partial charge in [-0.05, 0) is 31.2 Å². The number of nitrogens with zero attached hydrogens (tertiary/aromatic N) is 1. The molecule has 0 radical (unpaired) electrons. The summed E-state index contributed by atoms with van der Waals surface area (Å²) in [7, 11) is 1.61. The second kappa shape index (κ2) is 10.5. The smallest absolute Gasteiger partial charge is 0.307 e. The van der Waals surface area contributed by atoms with Gasteiger partial charge in [0.05, 0.1) is 26.7 Å². The van der Waals surface area contributed by atoms with Crippen LogP contribution in [0.3, 0.4) is 0 Å². The maximum Gasteiger partial charge on any atom is 0.307 e. The van der Waals surface area contributed by atoms with Gasteiger partial charge in [0.2, 0.25) is 5.91 Å². The zero-order valence-electron chi connectivity index (χ0n) is 14.9. The standard InChI is InChI=1S/C18H27NO5/c1-5-23-17(20)10-11-19(18(21)14(2)3)12-13-24-16-8-6-15(22-4)7-9-16/h6-9,14H,5,10-13H2,1-4H3. The SMILES string of the molecule is CCOC(=O)CCN(CCOc1ccc(OC)cc1)C(=O)C(C)C. The minimum absolute atomic E-state index is 0.00220. The van der Waals surface area contributed by atoms with E-state index >= 15 is 0 Å². The molecule has 0 fully saturated rings. The van der Waals surface area contributed by atoms with Gasteiger partial charge in [0.15, 0.2) is 0 Å². The summed E-state index contributed by atoms with van der Waals surface area (Å²) < 4.78 is 15.7. The predicted octanol–water partition coefficient (Wildman–Crippen LogP) is 2.51. The fourth-order valence-electron chi connectivity index (χ4n) is 2.10. The average molecular weight is 337 g/mol. The summed E-state index contributed by atoms with van der Waals surface area (Å²) in [6, 6.07) is 7.25. The molecule has 0 saturated heterocycles. The van der Waals surface area contributed by atoms with E-state index in [-0.39, 0.29) is 24.2 Å². The highest BCUT2D eigenvalue weighted by Crippen LogP contribution is 2.17. The average Bonchev–Trinajstić information content (AvgIpc) is 2.58. The van der Waals surface area contributed by atoms with E-state index < -0.39 is 0 Å². The molecule has 0 aliphatic heterocycles. The first-order valence-corrected chi connectivity index (χ1v) is 8.19. The Bertz CT molecular complexity index is 513. The summed E-state index contributed by atoms with van der Waals surface area (Å²) in [5.41, 5.74) is 0. The lowest BCUT2D eigenvalue weighted by atomic mass is 10.2. The van der Waals surface area contributed by atoms with E-state index in [1.165, 1.54) is 0 Å². The van der Waals surface area contributed by atoms with Crippen molar-refractivity contribution in [2.75, 3.05) is 33.4 Å². The lowest BCUT2D eigenvalue weighted by Gasteiger charge is -2.24. The lowest BCUT2D eigenvalue weighted by molar-refractivity contribution is -0.144. The van der Waals surface area contributed by atoms with E-state index in [4.69, 9.17) is 14.2 Å². The number of ether oxygens (including phenoxy) is 3. The molecule has 0 unspecified atom stereocenters. The predicted molar refractivity (Wildman–Crippen MR) is 91.2 cm³/mol. The van der Waals surface area contributed by atoms with Gasteiger partial charge in [0, 0.05) is 12.5 Å². The Balaban J connectivity index is 2.51. The molecule has 1 aromatic carbocycles. The minimum Gasteiger partial charge on any atom is -0.497 e. The maximum atomic E-state index is 12.2. The van der Waals surface area contributed by atoms with Crippen LogP contribution in [0.15, 0.2) is 24.3 Å². The van der Waals surface area contributed by atoms with Crippen molar-refractivity contribution >= 4 is 11.9 Å². The summed E-state index contributed by atoms with van der Waals surface area (Å²) in [5, 5.41) is 0. The van der Waals surface area contributed by atoms with Crippen LogP contribution in [-0.2, 0) is 14.3 Å². The van der Waals surface area contributed by atoms with Crippen molar-refractivity contribution in [1.29, 1.82) is 0 Å². The van der Waals surface area contributed by atoms with Crippen LogP contribution in [0.5, 0.6) is 11.5 Å². The molecule has 0 atom stereocenters. The van der Waals surface area contributed by atoms with Crippen LogP contribution in [0, 0.1) is 5.92 Å². The zero-order chi connectivity index (χ0) is 17.9. The molecule has 0 saturated carbocycles. The molecular formula is C18H27NO5. The van der Waals surface area contributed by atoms with Crippen molar-refractivity contribution in [3.05, 3.63) is 24.3 Å². The Morgan fingerprint density at radius 3 is 2.25 bits per heavy atom. The molecule has 1 amide bonds. The van der Waals surface area contributed by atoms with Crippen LogP contribution < -0.4 is 9.47 Å². The highest BCUT2D eigenvalue weighted by molar-refractivity contribution is 5.79. The van der Waals surface area contributed by atoms with Crippen LogP contribution in [0.2, 0.25) is 0 Å². The normalized spacial score (nSPS) is 10.4. The van der Waals surface area contributed by atoms with E-state index in [1.807, 2.05) is 38.1 Å². The number of methoxy groups -OCH3 is 1. The fraction of sp³-hybridized carbons (Fsp3) is 0.556. The number of hydrogen-bond acceptors (Lipinski definition) is 5. The molecular weight excluding hydrogens is 310 g/mol. The monoisotopic (exact) mass is 337 g/mol. The Hall–Kier alpha value is -2.24. The van der Waals surface area contributed by atoms with Crippen molar-refractivity contribution in [2.24, 2.45) is 5.92 Å². The molecule has 0 aliphatic rings. The summed E-state index contributed by atoms with van der Waals surface area (Å²) in [6.45, 7) is 6.89. The molecule has 6 nitrogen and oxygen atoms in total. The lowest BCUT2D eigenvalue weighted by Crippen LogP contribution is -2.38. The molecule has 0 bridgehead atoms. The molecule has 0 heterocycles. The van der Waals surface area contributed by atoms with Gasteiger partial charge in [-0.1, -0.05) is 13.8 Å². The number of rotatable bonds is 10. The summed E-state index contributed by atoms with van der Waals surface area (Å²) in [5.74, 6) is 1.03. The van der Waals surface area contributed by atoms with Crippen LogP contribution in [0.4, 0.5) is 0 Å². The van der Waals surface area contributed by atoms with Crippen LogP contribution in [-0.4, -0.2) is 50.2 Å². The van der Waals surface area contributed by atoms with Gasteiger partial charge >= 0.3 is 5.97 Å². The van der Waals surface area contributed by atoms with Crippen LogP contribution >= 0.6 is 0 Å². The summed E-state index contributed by atoms with van der Waals surface area (Å²) in [4.78, 5) is 25.4. The highest BCUT2D eigenvalue weighted by atomic mass is 16.5. The van der Waals surface area contributed by atoms with Gasteiger partial charge in [-0.2, -0.15) is 0 Å². The minimum atomic E-state index is -0.296. The second-order valence-electron chi connectivity index (χ2n) is 5.56. The molecule has 1 aromatic rings. The third-order valence-corrected chi connectivity index (χ3v) is 3.39. The number of amides is 1. The van der Waals surface area contributed by atoms with Gasteiger partial charge in [0.25, 0.3) is 0 Å². The maximum absolute atomic E-state index is 12.2. The van der Waals surface area contributed by atoms with E-state index in [1.54, 1.807) is 18.9 Å². The van der Waals surface area contributed by atoms with Gasteiger partial charge in [0.1, 0.15) is 18.1 Å². The Labute approximate surface area is 143 Å². The van der Waals surface area contributed by atoms with Crippen LogP contribution in [0.1, 0.15) is 27.2 Å². The van der Waals surface area contributed by atoms with Gasteiger partial charge in [-0.3, -0.25) is 9.59 Å². The van der Waals surface area contributed by atoms with Crippen LogP contribution in [0.25, 0.3) is 0 Å². The van der Waals surface area contributed by atoms with E-state index in [9.17, 15) is 9.59 Å². The third-order valence-electron chi connectivity index (χ3n) is 3.39. The van der Waals surface area contributed by atoms with Crippen molar-refractivity contribution in [3.8, 4) is 11.5 Å². The molecule has 0 spiro atoms. The van der Waals surface area contributed by atoms with Gasteiger partial charge in [-0.15, -0.1) is 0 Å². The second-order valence-corrected chi connectivity index (χ2v) is 5.56. The largest absolute Gasteiger partial charge is 0.497 e. The third kappa shape index (κ3) is 6.89. The summed E-state index contributed by atoms with van der Waals surface area (Å²) in [6.07, 6.45) is 0.189. The van der Waals surface area contributed by atoms with Crippen molar-refractivity contribution < 1.29 is 23.8 Å². The molecule has 1 rings (SSSR count).